The third-order valence-electron chi connectivity index (χ3n) is 3.81. The number of fused-ring (bicyclic) bond motifs is 1. The van der Waals surface area contributed by atoms with Gasteiger partial charge in [0.2, 0.25) is 0 Å². The molecule has 25 heavy (non-hydrogen) atoms. The SMILES string of the molecule is CN1C(=O)COc2ccc(-c3csc(NC(=O)c4ccco4)n3)cc21. The molecule has 0 aliphatic carbocycles. The maximum Gasteiger partial charge on any atom is 0.293 e. The van der Waals surface area contributed by atoms with Crippen LogP contribution >= 0.6 is 11.3 Å². The Labute approximate surface area is 146 Å². The molecule has 0 bridgehead atoms. The molecule has 8 heteroatoms. The number of aromatic nitrogens is 1. The zero-order chi connectivity index (χ0) is 17.4. The predicted octanol–water partition coefficient (Wildman–Crippen LogP) is 3.01. The molecule has 0 radical (unpaired) electrons. The highest BCUT2D eigenvalue weighted by atomic mass is 32.1. The van der Waals surface area contributed by atoms with Crippen molar-refractivity contribution in [3.8, 4) is 17.0 Å². The number of benzene rings is 1. The lowest BCUT2D eigenvalue weighted by Crippen LogP contribution is -2.35. The van der Waals surface area contributed by atoms with Crippen LogP contribution in [0.1, 0.15) is 10.6 Å². The van der Waals surface area contributed by atoms with Gasteiger partial charge >= 0.3 is 0 Å². The molecule has 2 amide bonds. The number of hydrogen-bond donors (Lipinski definition) is 1. The molecule has 0 saturated heterocycles. The summed E-state index contributed by atoms with van der Waals surface area (Å²) in [6.45, 7) is 0.0442. The summed E-state index contributed by atoms with van der Waals surface area (Å²) < 4.78 is 10.5. The van der Waals surface area contributed by atoms with Crippen LogP contribution in [0.2, 0.25) is 0 Å². The van der Waals surface area contributed by atoms with Crippen LogP contribution in [0.3, 0.4) is 0 Å². The summed E-state index contributed by atoms with van der Waals surface area (Å²) in [5, 5.41) is 5.00. The van der Waals surface area contributed by atoms with Gasteiger partial charge in [-0.05, 0) is 30.3 Å². The fraction of sp³-hybridized carbons (Fsp3) is 0.118. The van der Waals surface area contributed by atoms with E-state index in [4.69, 9.17) is 9.15 Å². The second kappa shape index (κ2) is 6.06. The summed E-state index contributed by atoms with van der Waals surface area (Å²) >= 11 is 1.31. The van der Waals surface area contributed by atoms with E-state index in [2.05, 4.69) is 10.3 Å². The van der Waals surface area contributed by atoms with Crippen LogP contribution in [0.5, 0.6) is 5.75 Å². The summed E-state index contributed by atoms with van der Waals surface area (Å²) in [6.07, 6.45) is 1.44. The first-order chi connectivity index (χ1) is 12.1. The number of anilines is 2. The highest BCUT2D eigenvalue weighted by molar-refractivity contribution is 7.14. The molecular formula is C17H13N3O4S. The zero-order valence-corrected chi connectivity index (χ0v) is 14.0. The van der Waals surface area contributed by atoms with E-state index < -0.39 is 0 Å². The summed E-state index contributed by atoms with van der Waals surface area (Å²) in [5.74, 6) is 0.430. The zero-order valence-electron chi connectivity index (χ0n) is 13.2. The Morgan fingerprint density at radius 3 is 3.04 bits per heavy atom. The van der Waals surface area contributed by atoms with E-state index in [1.54, 1.807) is 24.1 Å². The van der Waals surface area contributed by atoms with Crippen molar-refractivity contribution in [1.82, 2.24) is 4.98 Å². The molecule has 0 spiro atoms. The number of nitrogens with zero attached hydrogens (tertiary/aromatic N) is 2. The minimum Gasteiger partial charge on any atom is -0.482 e. The van der Waals surface area contributed by atoms with E-state index in [1.165, 1.54) is 17.6 Å². The van der Waals surface area contributed by atoms with Crippen LogP contribution in [-0.2, 0) is 4.79 Å². The fourth-order valence-corrected chi connectivity index (χ4v) is 3.18. The number of hydrogen-bond acceptors (Lipinski definition) is 6. The van der Waals surface area contributed by atoms with Crippen LogP contribution < -0.4 is 15.0 Å². The lowest BCUT2D eigenvalue weighted by atomic mass is 10.1. The molecule has 7 nitrogen and oxygen atoms in total. The Bertz CT molecular complexity index is 949. The Kier molecular flexibility index (Phi) is 3.73. The van der Waals surface area contributed by atoms with Gasteiger partial charge in [-0.2, -0.15) is 0 Å². The number of thiazole rings is 1. The Hall–Kier alpha value is -3.13. The molecule has 3 heterocycles. The largest absolute Gasteiger partial charge is 0.482 e. The molecule has 4 rings (SSSR count). The summed E-state index contributed by atoms with van der Waals surface area (Å²) in [5.41, 5.74) is 2.23. The van der Waals surface area contributed by atoms with Gasteiger partial charge in [-0.3, -0.25) is 14.9 Å². The van der Waals surface area contributed by atoms with E-state index in [1.807, 2.05) is 23.6 Å². The maximum atomic E-state index is 12.0. The quantitative estimate of drug-likeness (QED) is 0.781. The van der Waals surface area contributed by atoms with E-state index >= 15 is 0 Å². The third-order valence-corrected chi connectivity index (χ3v) is 4.57. The smallest absolute Gasteiger partial charge is 0.293 e. The predicted molar refractivity (Wildman–Crippen MR) is 93.1 cm³/mol. The lowest BCUT2D eigenvalue weighted by Gasteiger charge is -2.26. The molecule has 2 aromatic heterocycles. The van der Waals surface area contributed by atoms with E-state index in [9.17, 15) is 9.59 Å². The number of nitrogens with one attached hydrogen (secondary N) is 1. The van der Waals surface area contributed by atoms with Crippen LogP contribution in [0.15, 0.2) is 46.4 Å². The first kappa shape index (κ1) is 15.4. The monoisotopic (exact) mass is 355 g/mol. The number of carbonyl (C=O) groups is 2. The number of carbonyl (C=O) groups excluding carboxylic acids is 2. The molecular weight excluding hydrogens is 342 g/mol. The summed E-state index contributed by atoms with van der Waals surface area (Å²) in [6, 6.07) is 8.76. The van der Waals surface area contributed by atoms with Gasteiger partial charge < -0.3 is 14.1 Å². The first-order valence-corrected chi connectivity index (χ1v) is 8.34. The molecule has 3 aromatic rings. The van der Waals surface area contributed by atoms with Crippen molar-refractivity contribution in [1.29, 1.82) is 0 Å². The molecule has 0 fully saturated rings. The van der Waals surface area contributed by atoms with Crippen LogP contribution in [0.25, 0.3) is 11.3 Å². The number of rotatable bonds is 3. The van der Waals surface area contributed by atoms with Gasteiger partial charge in [-0.25, -0.2) is 4.98 Å². The molecule has 1 N–H and O–H groups in total. The minimum absolute atomic E-state index is 0.0442. The van der Waals surface area contributed by atoms with E-state index in [0.717, 1.165) is 5.56 Å². The first-order valence-electron chi connectivity index (χ1n) is 7.46. The molecule has 0 saturated carbocycles. The number of likely N-dealkylation sites (N-methyl/N-ethyl adjacent to an activating group) is 1. The van der Waals surface area contributed by atoms with Gasteiger partial charge in [0.1, 0.15) is 5.75 Å². The van der Waals surface area contributed by atoms with Gasteiger partial charge in [0, 0.05) is 18.0 Å². The van der Waals surface area contributed by atoms with Crippen molar-refractivity contribution >= 4 is 34.0 Å². The van der Waals surface area contributed by atoms with E-state index in [0.29, 0.717) is 22.3 Å². The van der Waals surface area contributed by atoms with Crippen molar-refractivity contribution in [2.24, 2.45) is 0 Å². The minimum atomic E-state index is -0.352. The lowest BCUT2D eigenvalue weighted by molar-refractivity contribution is -0.120. The van der Waals surface area contributed by atoms with Crippen LogP contribution in [0.4, 0.5) is 10.8 Å². The van der Waals surface area contributed by atoms with Gasteiger partial charge in [-0.1, -0.05) is 0 Å². The van der Waals surface area contributed by atoms with Crippen molar-refractivity contribution in [3.63, 3.8) is 0 Å². The Morgan fingerprint density at radius 2 is 2.24 bits per heavy atom. The average Bonchev–Trinajstić information content (AvgIpc) is 3.30. The highest BCUT2D eigenvalue weighted by Gasteiger charge is 2.23. The Morgan fingerprint density at radius 1 is 1.36 bits per heavy atom. The van der Waals surface area contributed by atoms with E-state index in [-0.39, 0.29) is 24.2 Å². The fourth-order valence-electron chi connectivity index (χ4n) is 2.46. The maximum absolute atomic E-state index is 12.0. The van der Waals surface area contributed by atoms with Gasteiger partial charge in [0.05, 0.1) is 17.6 Å². The molecule has 1 aliphatic heterocycles. The Balaban J connectivity index is 1.58. The summed E-state index contributed by atoms with van der Waals surface area (Å²) in [7, 11) is 1.71. The standard InChI is InChI=1S/C17H13N3O4S/c1-20-12-7-10(4-5-13(12)24-8-15(20)21)11-9-25-17(18-11)19-16(22)14-3-2-6-23-14/h2-7,9H,8H2,1H3,(H,18,19,22). The van der Waals surface area contributed by atoms with Crippen molar-refractivity contribution < 1.29 is 18.7 Å². The third kappa shape index (κ3) is 2.87. The number of amides is 2. The normalized spacial score (nSPS) is 13.3. The van der Waals surface area contributed by atoms with Crippen molar-refractivity contribution in [2.75, 3.05) is 23.9 Å². The number of ether oxygens (including phenoxy) is 1. The molecule has 1 aromatic carbocycles. The second-order valence-corrected chi connectivity index (χ2v) is 6.25. The molecule has 0 atom stereocenters. The van der Waals surface area contributed by atoms with Gasteiger partial charge in [-0.15, -0.1) is 11.3 Å². The van der Waals surface area contributed by atoms with Crippen LogP contribution in [0, 0.1) is 0 Å². The topological polar surface area (TPSA) is 84.7 Å². The highest BCUT2D eigenvalue weighted by Crippen LogP contribution is 2.36. The second-order valence-electron chi connectivity index (χ2n) is 5.39. The average molecular weight is 355 g/mol. The molecule has 0 unspecified atom stereocenters. The van der Waals surface area contributed by atoms with Crippen molar-refractivity contribution in [2.45, 2.75) is 0 Å². The van der Waals surface area contributed by atoms with Gasteiger partial charge in [0.15, 0.2) is 17.5 Å². The molecule has 126 valence electrons. The summed E-state index contributed by atoms with van der Waals surface area (Å²) in [4.78, 5) is 29.8. The molecule has 1 aliphatic rings. The van der Waals surface area contributed by atoms with Gasteiger partial charge in [0.25, 0.3) is 11.8 Å². The van der Waals surface area contributed by atoms with Crippen molar-refractivity contribution in [3.05, 3.63) is 47.7 Å². The number of furan rings is 1. The van der Waals surface area contributed by atoms with Crippen LogP contribution in [-0.4, -0.2) is 30.5 Å².